The van der Waals surface area contributed by atoms with Crippen molar-refractivity contribution < 1.29 is 14.3 Å². The van der Waals surface area contributed by atoms with Gasteiger partial charge in [0.05, 0.1) is 0 Å². The quantitative estimate of drug-likeness (QED) is 0.198. The largest absolute Gasteiger partial charge is 0.479 e. The molecule has 12 heavy (non-hydrogen) atoms. The molecule has 1 heterocycles. The topological polar surface area (TPSA) is 75.8 Å². The van der Waals surface area contributed by atoms with E-state index in [0.717, 1.165) is 0 Å². The van der Waals surface area contributed by atoms with Crippen molar-refractivity contribution in [3.05, 3.63) is 0 Å². The zero-order valence-corrected chi connectivity index (χ0v) is 7.37. The minimum absolute atomic E-state index is 0.358. The number of nitrogens with two attached hydrogens (primary N) is 1. The van der Waals surface area contributed by atoms with E-state index < -0.39 is 16.1 Å². The van der Waals surface area contributed by atoms with Crippen molar-refractivity contribution in [2.24, 2.45) is 10.9 Å². The van der Waals surface area contributed by atoms with Crippen molar-refractivity contribution in [3.8, 4) is 0 Å². The van der Waals surface area contributed by atoms with Gasteiger partial charge in [0.1, 0.15) is 0 Å². The molecule has 7 heteroatoms. The number of quaternary nitrogens is 1. The molecule has 0 saturated carbocycles. The molecule has 6 nitrogen and oxygen atoms in total. The highest BCUT2D eigenvalue weighted by molar-refractivity contribution is 6.61. The lowest BCUT2D eigenvalue weighted by molar-refractivity contribution is -0.778. The van der Waals surface area contributed by atoms with E-state index in [0.29, 0.717) is 5.84 Å². The zero-order valence-electron chi connectivity index (χ0n) is 6.61. The van der Waals surface area contributed by atoms with Crippen molar-refractivity contribution in [3.63, 3.8) is 0 Å². The molecule has 1 atom stereocenters. The smallest absolute Gasteiger partial charge is 0.243 e. The second-order valence-corrected chi connectivity index (χ2v) is 2.75. The van der Waals surface area contributed by atoms with E-state index in [4.69, 9.17) is 17.4 Å². The van der Waals surface area contributed by atoms with Crippen LogP contribution in [-0.4, -0.2) is 33.9 Å². The number of imide groups is 1. The average molecular weight is 192 g/mol. The van der Waals surface area contributed by atoms with Crippen LogP contribution in [0, 0.1) is 0 Å². The van der Waals surface area contributed by atoms with Crippen LogP contribution >= 0.6 is 11.6 Å². The number of rotatable bonds is 0. The fourth-order valence-corrected chi connectivity index (χ4v) is 0.930. The third-order valence-electron chi connectivity index (χ3n) is 1.63. The van der Waals surface area contributed by atoms with Crippen molar-refractivity contribution in [1.29, 1.82) is 0 Å². The first-order chi connectivity index (χ1) is 5.39. The van der Waals surface area contributed by atoms with Crippen LogP contribution < -0.4 is 5.84 Å². The summed E-state index contributed by atoms with van der Waals surface area (Å²) in [6.07, 6.45) is 0. The first kappa shape index (κ1) is 9.11. The van der Waals surface area contributed by atoms with Crippen molar-refractivity contribution in [2.75, 3.05) is 7.05 Å². The van der Waals surface area contributed by atoms with Gasteiger partial charge < -0.3 is 0 Å². The van der Waals surface area contributed by atoms with E-state index in [1.165, 1.54) is 11.9 Å². The summed E-state index contributed by atoms with van der Waals surface area (Å²) < 4.78 is -1.23. The lowest BCUT2D eigenvalue weighted by Gasteiger charge is -2.12. The second-order valence-electron chi connectivity index (χ2n) is 2.43. The Hall–Kier alpha value is -0.980. The van der Waals surface area contributed by atoms with Gasteiger partial charge in [-0.05, 0) is 12.0 Å². The number of carbonyl (C=O) groups excluding carboxylic acids is 2. The maximum atomic E-state index is 11.2. The Morgan fingerprint density at radius 1 is 1.75 bits per heavy atom. The number of halogens is 1. The summed E-state index contributed by atoms with van der Waals surface area (Å²) in [6.45, 7) is 1.56. The molecule has 0 fully saturated rings. The van der Waals surface area contributed by atoms with Crippen LogP contribution in [0.3, 0.4) is 0 Å². The van der Waals surface area contributed by atoms with Gasteiger partial charge in [-0.25, -0.2) is 14.5 Å². The maximum Gasteiger partial charge on any atom is 0.479 e. The van der Waals surface area contributed by atoms with E-state index >= 15 is 0 Å². The highest BCUT2D eigenvalue weighted by Crippen LogP contribution is 2.17. The predicted octanol–water partition coefficient (Wildman–Crippen LogP) is 0.435. The van der Waals surface area contributed by atoms with Gasteiger partial charge in [0, 0.05) is 23.3 Å². The molecule has 0 spiro atoms. The molecule has 0 aromatic rings. The van der Waals surface area contributed by atoms with Gasteiger partial charge in [0.25, 0.3) is 0 Å². The normalized spacial score (nSPS) is 29.2. The fraction of sp³-hybridized carbons (Fsp3) is 0.400. The van der Waals surface area contributed by atoms with E-state index in [1.54, 1.807) is 6.92 Å². The molecule has 0 aromatic carbocycles. The Morgan fingerprint density at radius 3 is 2.42 bits per heavy atom. The van der Waals surface area contributed by atoms with Crippen LogP contribution in [0.15, 0.2) is 5.10 Å². The van der Waals surface area contributed by atoms with Gasteiger partial charge in [-0.1, -0.05) is 0 Å². The number of urea groups is 1. The van der Waals surface area contributed by atoms with Crippen molar-refractivity contribution in [1.82, 2.24) is 4.90 Å². The molecule has 2 N–H and O–H groups in total. The van der Waals surface area contributed by atoms with Crippen LogP contribution in [0.1, 0.15) is 6.92 Å². The van der Waals surface area contributed by atoms with Gasteiger partial charge >= 0.3 is 11.4 Å². The fourth-order valence-electron chi connectivity index (χ4n) is 0.820. The lowest BCUT2D eigenvalue weighted by atomic mass is 10.6. The molecule has 1 unspecified atom stereocenters. The van der Waals surface area contributed by atoms with Crippen LogP contribution in [0.2, 0.25) is 0 Å². The SMILES string of the molecule is CC1=N[N+](N)(C(=O)Cl)C(=O)N1C. The molecule has 0 aliphatic carbocycles. The molecule has 1 aliphatic rings. The first-order valence-electron chi connectivity index (χ1n) is 3.12. The Labute approximate surface area is 73.7 Å². The Morgan fingerprint density at radius 2 is 2.25 bits per heavy atom. The van der Waals surface area contributed by atoms with Gasteiger partial charge in [-0.2, -0.15) is 0 Å². The maximum absolute atomic E-state index is 11.2. The number of amides is 3. The van der Waals surface area contributed by atoms with Gasteiger partial charge in [-0.15, -0.1) is 5.84 Å². The molecule has 0 saturated heterocycles. The summed E-state index contributed by atoms with van der Waals surface area (Å²) in [5, 5.41) is 2.58. The molecule has 0 radical (unpaired) electrons. The molecule has 0 aromatic heterocycles. The van der Waals surface area contributed by atoms with E-state index in [1.807, 2.05) is 0 Å². The predicted molar refractivity (Wildman–Crippen MR) is 42.0 cm³/mol. The van der Waals surface area contributed by atoms with Crippen LogP contribution in [0.5, 0.6) is 0 Å². The average Bonchev–Trinajstić information content (AvgIpc) is 2.17. The minimum atomic E-state index is -1.23. The molecule has 3 amide bonds. The van der Waals surface area contributed by atoms with Crippen LogP contribution in [0.25, 0.3) is 0 Å². The number of amidine groups is 1. The number of hydrogen-bond acceptors (Lipinski definition) is 4. The third-order valence-corrected chi connectivity index (χ3v) is 1.89. The summed E-state index contributed by atoms with van der Waals surface area (Å²) in [5.74, 6) is 5.66. The Kier molecular flexibility index (Phi) is 1.91. The summed E-state index contributed by atoms with van der Waals surface area (Å²) >= 11 is 5.10. The van der Waals surface area contributed by atoms with E-state index in [-0.39, 0.29) is 0 Å². The Balaban J connectivity index is 3.12. The molecular weight excluding hydrogens is 184 g/mol. The summed E-state index contributed by atoms with van der Waals surface area (Å²) in [6, 6.07) is -0.660. The number of carbonyl (C=O) groups is 2. The van der Waals surface area contributed by atoms with Gasteiger partial charge in [0.15, 0.2) is 5.84 Å². The monoisotopic (exact) mass is 191 g/mol. The third kappa shape index (κ3) is 1.01. The minimum Gasteiger partial charge on any atom is -0.243 e. The first-order valence-corrected chi connectivity index (χ1v) is 3.50. The molecule has 1 rings (SSSR count). The van der Waals surface area contributed by atoms with Gasteiger partial charge in [0.2, 0.25) is 0 Å². The highest BCUT2D eigenvalue weighted by atomic mass is 35.5. The van der Waals surface area contributed by atoms with Crippen molar-refractivity contribution in [2.45, 2.75) is 6.92 Å². The molecule has 0 bridgehead atoms. The van der Waals surface area contributed by atoms with Gasteiger partial charge in [-0.3, -0.25) is 0 Å². The zero-order chi connectivity index (χ0) is 9.52. The van der Waals surface area contributed by atoms with Crippen LogP contribution in [-0.2, 0) is 0 Å². The van der Waals surface area contributed by atoms with E-state index in [2.05, 4.69) is 5.10 Å². The lowest BCUT2D eigenvalue weighted by Crippen LogP contribution is -2.56. The second kappa shape index (κ2) is 2.51. The Bertz CT molecular complexity index is 289. The number of nitrogens with zero attached hydrogens (tertiary/aromatic N) is 3. The van der Waals surface area contributed by atoms with Crippen LogP contribution in [0.4, 0.5) is 9.59 Å². The number of hydrogen-bond donors (Lipinski definition) is 1. The summed E-state index contributed by atoms with van der Waals surface area (Å²) in [4.78, 5) is 23.1. The highest BCUT2D eigenvalue weighted by Gasteiger charge is 2.51. The molecule has 66 valence electrons. The van der Waals surface area contributed by atoms with E-state index in [9.17, 15) is 9.59 Å². The molecule has 1 aliphatic heterocycles. The standard InChI is InChI=1S/C5H8ClN4O2/c1-3-8-10(7,4(6)11)5(12)9(3)2/h7H2,1-2H3/q+1. The summed E-state index contributed by atoms with van der Waals surface area (Å²) in [7, 11) is 1.47. The molecular formula is C5H8ClN4O2+. The summed E-state index contributed by atoms with van der Waals surface area (Å²) in [5.41, 5.74) is 0. The van der Waals surface area contributed by atoms with Crippen molar-refractivity contribution >= 4 is 28.8 Å².